The van der Waals surface area contributed by atoms with Gasteiger partial charge in [-0.05, 0) is 129 Å². The lowest BCUT2D eigenvalue weighted by Gasteiger charge is -2.36. The van der Waals surface area contributed by atoms with Crippen LogP contribution in [0.15, 0.2) is 29.2 Å². The van der Waals surface area contributed by atoms with Gasteiger partial charge < -0.3 is 34.6 Å². The number of esters is 1. The van der Waals surface area contributed by atoms with Crippen LogP contribution in [-0.4, -0.2) is 84.8 Å². The molecule has 4 N–H and O–H groups in total. The fourth-order valence-electron chi connectivity index (χ4n) is 5.76. The molecule has 2 heterocycles. The van der Waals surface area contributed by atoms with Crippen molar-refractivity contribution in [2.45, 2.75) is 135 Å². The number of nitrogens with one attached hydrogen (secondary N) is 2. The van der Waals surface area contributed by atoms with Crippen LogP contribution in [0.1, 0.15) is 102 Å². The largest absolute Gasteiger partial charge is 0.494 e. The molecule has 1 aromatic carbocycles. The molecular weight excluding hydrogens is 692 g/mol. The number of aryl methyl sites for hydroxylation is 4. The fourth-order valence-corrected chi connectivity index (χ4v) is 7.40. The molecule has 0 bridgehead atoms. The van der Waals surface area contributed by atoms with Crippen LogP contribution in [0.3, 0.4) is 0 Å². The van der Waals surface area contributed by atoms with Gasteiger partial charge in [0.25, 0.3) is 0 Å². The van der Waals surface area contributed by atoms with Gasteiger partial charge in [0.1, 0.15) is 23.2 Å². The van der Waals surface area contributed by atoms with Crippen molar-refractivity contribution in [3.05, 3.63) is 46.6 Å². The molecular formula is C37H56N4O10S. The van der Waals surface area contributed by atoms with Crippen molar-refractivity contribution in [3.63, 3.8) is 0 Å². The summed E-state index contributed by atoms with van der Waals surface area (Å²) >= 11 is 0. The molecule has 14 nitrogen and oxygen atoms in total. The molecule has 2 aromatic rings. The second-order valence-electron chi connectivity index (χ2n) is 15.1. The van der Waals surface area contributed by atoms with Crippen molar-refractivity contribution < 1.29 is 47.2 Å². The summed E-state index contributed by atoms with van der Waals surface area (Å²) in [4.78, 5) is 43.3. The van der Waals surface area contributed by atoms with Crippen LogP contribution >= 0.6 is 0 Å². The van der Waals surface area contributed by atoms with Gasteiger partial charge in [-0.3, -0.25) is 14.4 Å². The number of hydrogen-bond acceptors (Lipinski definition) is 11. The third kappa shape index (κ3) is 13.6. The van der Waals surface area contributed by atoms with Gasteiger partial charge in [-0.2, -0.15) is 4.72 Å². The first-order chi connectivity index (χ1) is 24.1. The minimum Gasteiger partial charge on any atom is -0.494 e. The second-order valence-corrected chi connectivity index (χ2v) is 16.7. The molecule has 2 atom stereocenters. The van der Waals surface area contributed by atoms with E-state index in [1.54, 1.807) is 39.5 Å². The van der Waals surface area contributed by atoms with E-state index in [1.807, 2.05) is 32.9 Å². The Hall–Kier alpha value is -3.79. The number of aliphatic hydroxyl groups excluding tert-OH is 1. The number of anilines is 1. The first kappa shape index (κ1) is 42.6. The Labute approximate surface area is 307 Å². The Morgan fingerprint density at radius 3 is 2.27 bits per heavy atom. The maximum Gasteiger partial charge on any atom is 0.326 e. The first-order valence-electron chi connectivity index (χ1n) is 17.7. The number of fused-ring (bicyclic) bond motifs is 1. The van der Waals surface area contributed by atoms with Crippen molar-refractivity contribution in [1.29, 1.82) is 0 Å². The Kier molecular flexibility index (Phi) is 15.0. The van der Waals surface area contributed by atoms with Gasteiger partial charge in [0.15, 0.2) is 0 Å². The number of carbonyl (C=O) groups excluding carboxylic acids is 2. The lowest BCUT2D eigenvalue weighted by molar-refractivity contribution is -0.165. The van der Waals surface area contributed by atoms with E-state index in [0.717, 1.165) is 24.1 Å². The van der Waals surface area contributed by atoms with Crippen molar-refractivity contribution in [1.82, 2.24) is 15.0 Å². The lowest BCUT2D eigenvalue weighted by atomic mass is 10.0. The smallest absolute Gasteiger partial charge is 0.326 e. The van der Waals surface area contributed by atoms with Gasteiger partial charge in [-0.25, -0.2) is 13.4 Å². The average Bonchev–Trinajstić information content (AvgIpc) is 3.00. The van der Waals surface area contributed by atoms with Crippen molar-refractivity contribution in [2.75, 3.05) is 24.6 Å². The van der Waals surface area contributed by atoms with E-state index in [2.05, 4.69) is 10.0 Å². The normalized spacial score (nSPS) is 14.7. The van der Waals surface area contributed by atoms with Crippen LogP contribution in [0.25, 0.3) is 0 Å². The molecule has 0 saturated heterocycles. The van der Waals surface area contributed by atoms with Gasteiger partial charge in [-0.1, -0.05) is 6.07 Å². The van der Waals surface area contributed by atoms with E-state index in [-0.39, 0.29) is 36.8 Å². The van der Waals surface area contributed by atoms with E-state index in [4.69, 9.17) is 24.3 Å². The number of carboxylic acids is 1. The topological polar surface area (TPSA) is 194 Å². The maximum absolute atomic E-state index is 13.6. The molecule has 3 rings (SSSR count). The fraction of sp³-hybridized carbons (Fsp3) is 0.622. The third-order valence-electron chi connectivity index (χ3n) is 7.94. The quantitative estimate of drug-likeness (QED) is 0.0961. The minimum atomic E-state index is -4.27. The van der Waals surface area contributed by atoms with E-state index < -0.39 is 45.6 Å². The number of hydrogen-bond donors (Lipinski definition) is 4. The number of carbonyl (C=O) groups is 3. The maximum atomic E-state index is 13.6. The van der Waals surface area contributed by atoms with Gasteiger partial charge in [0.2, 0.25) is 22.3 Å². The summed E-state index contributed by atoms with van der Waals surface area (Å²) in [5.74, 6) is -1.02. The highest BCUT2D eigenvalue weighted by Crippen LogP contribution is 2.29. The highest BCUT2D eigenvalue weighted by atomic mass is 32.2. The molecule has 0 aliphatic carbocycles. The number of pyridine rings is 1. The highest BCUT2D eigenvalue weighted by molar-refractivity contribution is 7.89. The Morgan fingerprint density at radius 2 is 1.65 bits per heavy atom. The summed E-state index contributed by atoms with van der Waals surface area (Å²) in [6.45, 7) is 14.3. The zero-order chi connectivity index (χ0) is 38.9. The van der Waals surface area contributed by atoms with Crippen LogP contribution in [0.5, 0.6) is 5.75 Å². The summed E-state index contributed by atoms with van der Waals surface area (Å²) in [6, 6.07) is 5.65. The number of carboxylic acid groups (broad SMARTS) is 1. The Bertz CT molecular complexity index is 1640. The molecule has 0 saturated carbocycles. The average molecular weight is 749 g/mol. The molecule has 290 valence electrons. The van der Waals surface area contributed by atoms with Crippen LogP contribution in [0, 0.1) is 13.8 Å². The SMILES string of the molecule is Cc1cc(OCCCC(=O)O)cc(C)c1S(=O)(=O)NC(CNC(=O)CCCCc1ccc2c(n1)N(C(O)OC(C)(C)C)CCC2)C(=O)OC(C)(C)C. The van der Waals surface area contributed by atoms with E-state index in [9.17, 15) is 27.9 Å². The standard InChI is InChI=1S/C37H56N4O10S/c1-24-21-28(49-20-12-16-31(43)44)22-25(2)32(24)52(47,48)40-29(34(45)50-36(3,4)5)23-38-30(42)15-10-9-14-27-18-17-26-13-11-19-41(33(26)39-27)35(46)51-37(6,7)8/h17-18,21-22,29,35,40,46H,9-16,19-20,23H2,1-8H3,(H,38,42)(H,43,44). The predicted molar refractivity (Wildman–Crippen MR) is 196 cm³/mol. The number of unbranched alkanes of at least 4 members (excludes halogenated alkanes) is 1. The Balaban J connectivity index is 1.61. The molecule has 2 unspecified atom stereocenters. The molecule has 15 heteroatoms. The van der Waals surface area contributed by atoms with E-state index >= 15 is 0 Å². The molecule has 0 radical (unpaired) electrons. The number of nitrogens with zero attached hydrogens (tertiary/aromatic N) is 2. The lowest BCUT2D eigenvalue weighted by Crippen LogP contribution is -2.50. The number of rotatable bonds is 18. The molecule has 1 aliphatic heterocycles. The monoisotopic (exact) mass is 748 g/mol. The molecule has 1 aliphatic rings. The molecule has 52 heavy (non-hydrogen) atoms. The zero-order valence-electron chi connectivity index (χ0n) is 31.7. The number of benzene rings is 1. The zero-order valence-corrected chi connectivity index (χ0v) is 32.5. The van der Waals surface area contributed by atoms with Gasteiger partial charge in [0, 0.05) is 31.6 Å². The molecule has 1 aromatic heterocycles. The molecule has 0 spiro atoms. The van der Waals surface area contributed by atoms with Crippen molar-refractivity contribution >= 4 is 33.7 Å². The summed E-state index contributed by atoms with van der Waals surface area (Å²) < 4.78 is 46.6. The van der Waals surface area contributed by atoms with Crippen molar-refractivity contribution in [3.8, 4) is 5.75 Å². The van der Waals surface area contributed by atoms with Crippen LogP contribution in [0.2, 0.25) is 0 Å². The number of ether oxygens (including phenoxy) is 3. The second kappa shape index (κ2) is 18.3. The van der Waals surface area contributed by atoms with Gasteiger partial charge in [-0.15, -0.1) is 0 Å². The number of aromatic nitrogens is 1. The van der Waals surface area contributed by atoms with E-state index in [0.29, 0.717) is 54.9 Å². The molecule has 1 amide bonds. The number of sulfonamides is 1. The van der Waals surface area contributed by atoms with Crippen molar-refractivity contribution in [2.24, 2.45) is 0 Å². The first-order valence-corrected chi connectivity index (χ1v) is 19.2. The third-order valence-corrected chi connectivity index (χ3v) is 9.72. The predicted octanol–water partition coefficient (Wildman–Crippen LogP) is 4.30. The van der Waals surface area contributed by atoms with Gasteiger partial charge in [0.05, 0.1) is 17.1 Å². The summed E-state index contributed by atoms with van der Waals surface area (Å²) in [5, 5.41) is 22.2. The summed E-state index contributed by atoms with van der Waals surface area (Å²) in [6.07, 6.45) is 2.80. The molecule has 0 fully saturated rings. The van der Waals surface area contributed by atoms with Crippen LogP contribution in [0.4, 0.5) is 5.82 Å². The number of aliphatic hydroxyl groups is 1. The number of aliphatic carboxylic acids is 1. The van der Waals surface area contributed by atoms with Crippen LogP contribution < -0.4 is 19.7 Å². The summed E-state index contributed by atoms with van der Waals surface area (Å²) in [5.41, 5.74) is 1.17. The van der Waals surface area contributed by atoms with Gasteiger partial charge >= 0.3 is 11.9 Å². The number of amides is 1. The van der Waals surface area contributed by atoms with Crippen LogP contribution in [-0.2, 0) is 46.7 Å². The Morgan fingerprint density at radius 1 is 0.981 bits per heavy atom. The summed E-state index contributed by atoms with van der Waals surface area (Å²) in [7, 11) is -4.27. The minimum absolute atomic E-state index is 0.0413. The highest BCUT2D eigenvalue weighted by Gasteiger charge is 2.32. The van der Waals surface area contributed by atoms with E-state index in [1.165, 1.54) is 12.1 Å².